The number of amides is 2. The summed E-state index contributed by atoms with van der Waals surface area (Å²) in [5, 5.41) is 5.21. The largest absolute Gasteiger partial charge is 0.325 e. The first-order valence-corrected chi connectivity index (χ1v) is 10.5. The zero-order valence-corrected chi connectivity index (χ0v) is 17.8. The van der Waals surface area contributed by atoms with Crippen LogP contribution in [0.2, 0.25) is 0 Å². The van der Waals surface area contributed by atoms with Crippen molar-refractivity contribution < 1.29 is 18.8 Å². The van der Waals surface area contributed by atoms with Crippen LogP contribution in [0.15, 0.2) is 77.7 Å². The average Bonchev–Trinajstić information content (AvgIpc) is 2.74. The summed E-state index contributed by atoms with van der Waals surface area (Å²) in [5.74, 6) is -0.964. The van der Waals surface area contributed by atoms with E-state index in [2.05, 4.69) is 10.6 Å². The number of carbonyl (C=O) groups excluding carboxylic acids is 3. The van der Waals surface area contributed by atoms with Crippen LogP contribution in [0.3, 0.4) is 0 Å². The van der Waals surface area contributed by atoms with Gasteiger partial charge in [0.2, 0.25) is 5.91 Å². The standard InChI is InChI=1S/C24H21FN2O3S/c1-15(28)17-8-12-20(13-9-17)26-23(29)16(2)31-22-5-3-4-21(14-22)27-24(30)18-6-10-19(25)11-7-18/h3-14,16H,1-2H3,(H,26,29)(H,27,30). The number of ketones is 1. The Kier molecular flexibility index (Phi) is 7.20. The fourth-order valence-corrected chi connectivity index (χ4v) is 3.67. The van der Waals surface area contributed by atoms with E-state index in [1.54, 1.807) is 49.4 Å². The second-order valence-corrected chi connectivity index (χ2v) is 8.29. The maximum absolute atomic E-state index is 13.0. The zero-order valence-electron chi connectivity index (χ0n) is 17.0. The highest BCUT2D eigenvalue weighted by atomic mass is 32.2. The SMILES string of the molecule is CC(=O)c1ccc(NC(=O)C(C)Sc2cccc(NC(=O)c3ccc(F)cc3)c2)cc1. The highest BCUT2D eigenvalue weighted by Crippen LogP contribution is 2.27. The van der Waals surface area contributed by atoms with Gasteiger partial charge in [-0.2, -0.15) is 0 Å². The molecular weight excluding hydrogens is 415 g/mol. The Morgan fingerprint density at radius 2 is 1.48 bits per heavy atom. The minimum absolute atomic E-state index is 0.0341. The molecule has 1 unspecified atom stereocenters. The number of benzene rings is 3. The molecule has 0 aliphatic rings. The van der Waals surface area contributed by atoms with Gasteiger partial charge in [0.15, 0.2) is 5.78 Å². The molecule has 2 N–H and O–H groups in total. The van der Waals surface area contributed by atoms with E-state index in [0.717, 1.165) is 4.90 Å². The molecule has 0 aliphatic heterocycles. The van der Waals surface area contributed by atoms with Crippen LogP contribution < -0.4 is 10.6 Å². The van der Waals surface area contributed by atoms with E-state index < -0.39 is 11.1 Å². The van der Waals surface area contributed by atoms with E-state index in [9.17, 15) is 18.8 Å². The predicted molar refractivity (Wildman–Crippen MR) is 121 cm³/mol. The van der Waals surface area contributed by atoms with Crippen molar-refractivity contribution >= 4 is 40.7 Å². The lowest BCUT2D eigenvalue weighted by atomic mass is 10.1. The third-order valence-electron chi connectivity index (χ3n) is 4.44. The van der Waals surface area contributed by atoms with Crippen LogP contribution in [0.25, 0.3) is 0 Å². The van der Waals surface area contributed by atoms with Gasteiger partial charge < -0.3 is 10.6 Å². The first-order valence-electron chi connectivity index (χ1n) is 9.57. The first-order chi connectivity index (χ1) is 14.8. The number of halogens is 1. The van der Waals surface area contributed by atoms with Gasteiger partial charge in [-0.05, 0) is 80.6 Å². The molecule has 0 bridgehead atoms. The summed E-state index contributed by atoms with van der Waals surface area (Å²) in [6.45, 7) is 3.27. The van der Waals surface area contributed by atoms with Gasteiger partial charge in [0.05, 0.1) is 5.25 Å². The molecule has 7 heteroatoms. The second kappa shape index (κ2) is 10.0. The minimum Gasteiger partial charge on any atom is -0.325 e. The minimum atomic E-state index is -0.406. The normalized spacial score (nSPS) is 11.5. The summed E-state index contributed by atoms with van der Waals surface area (Å²) in [6.07, 6.45) is 0. The van der Waals surface area contributed by atoms with Crippen molar-refractivity contribution in [1.82, 2.24) is 0 Å². The van der Waals surface area contributed by atoms with E-state index in [1.807, 2.05) is 6.07 Å². The van der Waals surface area contributed by atoms with Crippen LogP contribution in [0.5, 0.6) is 0 Å². The van der Waals surface area contributed by atoms with Crippen molar-refractivity contribution in [3.05, 3.63) is 89.7 Å². The van der Waals surface area contributed by atoms with Gasteiger partial charge >= 0.3 is 0 Å². The van der Waals surface area contributed by atoms with Crippen molar-refractivity contribution in [2.24, 2.45) is 0 Å². The van der Waals surface area contributed by atoms with Crippen LogP contribution in [0.1, 0.15) is 34.6 Å². The third kappa shape index (κ3) is 6.26. The Morgan fingerprint density at radius 3 is 2.13 bits per heavy atom. The van der Waals surface area contributed by atoms with Gasteiger partial charge in [-0.1, -0.05) is 6.07 Å². The highest BCUT2D eigenvalue weighted by molar-refractivity contribution is 8.00. The molecular formula is C24H21FN2O3S. The molecule has 158 valence electrons. The molecule has 0 aliphatic carbocycles. The molecule has 2 amide bonds. The molecule has 0 fully saturated rings. The molecule has 0 radical (unpaired) electrons. The Hall–Kier alpha value is -3.45. The van der Waals surface area contributed by atoms with E-state index in [1.165, 1.54) is 43.0 Å². The molecule has 0 aromatic heterocycles. The van der Waals surface area contributed by atoms with Crippen molar-refractivity contribution in [2.75, 3.05) is 10.6 Å². The molecule has 3 aromatic rings. The van der Waals surface area contributed by atoms with Crippen molar-refractivity contribution in [1.29, 1.82) is 0 Å². The number of rotatable bonds is 7. The maximum atomic E-state index is 13.0. The topological polar surface area (TPSA) is 75.3 Å². The number of nitrogens with one attached hydrogen (secondary N) is 2. The third-order valence-corrected chi connectivity index (χ3v) is 5.53. The maximum Gasteiger partial charge on any atom is 0.255 e. The van der Waals surface area contributed by atoms with Crippen LogP contribution in [0.4, 0.5) is 15.8 Å². The van der Waals surface area contributed by atoms with Gasteiger partial charge in [0, 0.05) is 27.4 Å². The van der Waals surface area contributed by atoms with Gasteiger partial charge in [0.25, 0.3) is 5.91 Å². The monoisotopic (exact) mass is 436 g/mol. The predicted octanol–water partition coefficient (Wildman–Crippen LogP) is 5.40. The molecule has 0 saturated carbocycles. The highest BCUT2D eigenvalue weighted by Gasteiger charge is 2.15. The fourth-order valence-electron chi connectivity index (χ4n) is 2.74. The van der Waals surface area contributed by atoms with Gasteiger partial charge in [-0.3, -0.25) is 14.4 Å². The quantitative estimate of drug-likeness (QED) is 0.384. The summed E-state index contributed by atoms with van der Waals surface area (Å²) in [4.78, 5) is 37.0. The Balaban J connectivity index is 1.60. The summed E-state index contributed by atoms with van der Waals surface area (Å²) in [5.41, 5.74) is 2.12. The van der Waals surface area contributed by atoms with Crippen LogP contribution in [-0.2, 0) is 4.79 Å². The zero-order chi connectivity index (χ0) is 22.4. The van der Waals surface area contributed by atoms with E-state index in [4.69, 9.17) is 0 Å². The molecule has 0 heterocycles. The number of hydrogen-bond donors (Lipinski definition) is 2. The van der Waals surface area contributed by atoms with E-state index >= 15 is 0 Å². The lowest BCUT2D eigenvalue weighted by Gasteiger charge is -2.13. The van der Waals surface area contributed by atoms with Crippen molar-refractivity contribution in [2.45, 2.75) is 24.0 Å². The van der Waals surface area contributed by atoms with Crippen LogP contribution in [0, 0.1) is 5.82 Å². The number of thioether (sulfide) groups is 1. The molecule has 0 spiro atoms. The van der Waals surface area contributed by atoms with E-state index in [-0.39, 0.29) is 17.6 Å². The molecule has 5 nitrogen and oxygen atoms in total. The number of hydrogen-bond acceptors (Lipinski definition) is 4. The first kappa shape index (κ1) is 22.2. The molecule has 3 aromatic carbocycles. The van der Waals surface area contributed by atoms with Gasteiger partial charge in [-0.15, -0.1) is 11.8 Å². The molecule has 3 rings (SSSR count). The lowest BCUT2D eigenvalue weighted by Crippen LogP contribution is -2.22. The Morgan fingerprint density at radius 1 is 0.839 bits per heavy atom. The van der Waals surface area contributed by atoms with Gasteiger partial charge in [-0.25, -0.2) is 4.39 Å². The number of anilines is 2. The Labute approximate surface area is 184 Å². The van der Waals surface area contributed by atoms with Gasteiger partial charge in [0.1, 0.15) is 5.82 Å². The summed E-state index contributed by atoms with van der Waals surface area (Å²) >= 11 is 1.35. The lowest BCUT2D eigenvalue weighted by molar-refractivity contribution is -0.115. The Bertz CT molecular complexity index is 1100. The van der Waals surface area contributed by atoms with Crippen LogP contribution in [-0.4, -0.2) is 22.8 Å². The van der Waals surface area contributed by atoms with Crippen molar-refractivity contribution in [3.8, 4) is 0 Å². The molecule has 31 heavy (non-hydrogen) atoms. The van der Waals surface area contributed by atoms with Crippen LogP contribution >= 0.6 is 11.8 Å². The summed E-state index contributed by atoms with van der Waals surface area (Å²) in [7, 11) is 0. The number of Topliss-reactive ketones (excluding diaryl/α,β-unsaturated/α-hetero) is 1. The fraction of sp³-hybridized carbons (Fsp3) is 0.125. The molecule has 1 atom stereocenters. The van der Waals surface area contributed by atoms with Crippen molar-refractivity contribution in [3.63, 3.8) is 0 Å². The number of carbonyl (C=O) groups is 3. The molecule has 0 saturated heterocycles. The van der Waals surface area contributed by atoms with E-state index in [0.29, 0.717) is 22.5 Å². The summed E-state index contributed by atoms with van der Waals surface area (Å²) < 4.78 is 13.0. The second-order valence-electron chi connectivity index (χ2n) is 6.87. The smallest absolute Gasteiger partial charge is 0.255 e. The average molecular weight is 437 g/mol. The summed E-state index contributed by atoms with van der Waals surface area (Å²) in [6, 6.07) is 19.2.